The number of hydrogen-bond donors (Lipinski definition) is 1. The molecule has 0 amide bonds. The van der Waals surface area contributed by atoms with Crippen LogP contribution in [0.1, 0.15) is 30.2 Å². The molecule has 0 aromatic carbocycles. The molecule has 4 heteroatoms. The molecule has 0 fully saturated rings. The molecule has 108 valence electrons. The highest BCUT2D eigenvalue weighted by Crippen LogP contribution is 2.25. The molecule has 1 N–H and O–H groups in total. The minimum absolute atomic E-state index is 0.241. The van der Waals surface area contributed by atoms with Gasteiger partial charge in [-0.1, -0.05) is 0 Å². The normalized spacial score (nSPS) is 14.2. The molecule has 0 saturated heterocycles. The zero-order valence-corrected chi connectivity index (χ0v) is 12.9. The van der Waals surface area contributed by atoms with Crippen LogP contribution in [0.25, 0.3) is 0 Å². The van der Waals surface area contributed by atoms with Gasteiger partial charge in [0.05, 0.1) is 13.2 Å². The number of rotatable bonds is 7. The van der Waals surface area contributed by atoms with Crippen LogP contribution in [0.4, 0.5) is 0 Å². The summed E-state index contributed by atoms with van der Waals surface area (Å²) in [5.74, 6) is 0.944. The molecule has 2 unspecified atom stereocenters. The van der Waals surface area contributed by atoms with Gasteiger partial charge in [0.25, 0.3) is 0 Å². The maximum atomic E-state index is 5.45. The Morgan fingerprint density at radius 1 is 1.32 bits per heavy atom. The highest BCUT2D eigenvalue weighted by Gasteiger charge is 2.16. The van der Waals surface area contributed by atoms with E-state index in [1.807, 2.05) is 20.2 Å². The van der Waals surface area contributed by atoms with Gasteiger partial charge in [0, 0.05) is 42.6 Å². The summed E-state index contributed by atoms with van der Waals surface area (Å²) in [5, 5.41) is 3.33. The van der Waals surface area contributed by atoms with E-state index in [2.05, 4.69) is 24.1 Å². The van der Waals surface area contributed by atoms with E-state index in [0.29, 0.717) is 6.04 Å². The van der Waals surface area contributed by atoms with E-state index in [1.54, 1.807) is 14.2 Å². The van der Waals surface area contributed by atoms with E-state index >= 15 is 0 Å². The number of nitrogens with one attached hydrogen (secondary N) is 1. The lowest BCUT2D eigenvalue weighted by Gasteiger charge is -2.21. The minimum atomic E-state index is 0.241. The third kappa shape index (κ3) is 4.18. The van der Waals surface area contributed by atoms with Crippen LogP contribution in [-0.2, 0) is 11.2 Å². The van der Waals surface area contributed by atoms with Crippen LogP contribution in [0.3, 0.4) is 0 Å². The Morgan fingerprint density at radius 3 is 2.53 bits per heavy atom. The zero-order chi connectivity index (χ0) is 14.4. The number of methoxy groups -OCH3 is 2. The van der Waals surface area contributed by atoms with Gasteiger partial charge >= 0.3 is 0 Å². The van der Waals surface area contributed by atoms with Crippen LogP contribution < -0.4 is 10.1 Å². The van der Waals surface area contributed by atoms with Crippen molar-refractivity contribution in [1.29, 1.82) is 0 Å². The van der Waals surface area contributed by atoms with Crippen molar-refractivity contribution in [1.82, 2.24) is 10.3 Å². The van der Waals surface area contributed by atoms with Gasteiger partial charge in [-0.05, 0) is 34.2 Å². The smallest absolute Gasteiger partial charge is 0.128 e. The van der Waals surface area contributed by atoms with Crippen molar-refractivity contribution in [2.24, 2.45) is 0 Å². The Hall–Kier alpha value is -1.13. The average Bonchev–Trinajstić information content (AvgIpc) is 2.41. The summed E-state index contributed by atoms with van der Waals surface area (Å²) in [6, 6.07) is 0.355. The van der Waals surface area contributed by atoms with Gasteiger partial charge in [-0.25, -0.2) is 0 Å². The molecule has 1 aromatic rings. The Bertz CT molecular complexity index is 407. The molecule has 1 rings (SSSR count). The van der Waals surface area contributed by atoms with E-state index < -0.39 is 0 Å². The number of likely N-dealkylation sites (N-methyl/N-ethyl adjacent to an activating group) is 1. The van der Waals surface area contributed by atoms with Gasteiger partial charge < -0.3 is 14.8 Å². The van der Waals surface area contributed by atoms with Crippen molar-refractivity contribution in [3.63, 3.8) is 0 Å². The highest BCUT2D eigenvalue weighted by molar-refractivity contribution is 5.41. The Morgan fingerprint density at radius 2 is 2.00 bits per heavy atom. The molecule has 0 aliphatic heterocycles. The van der Waals surface area contributed by atoms with E-state index in [0.717, 1.165) is 35.4 Å². The lowest BCUT2D eigenvalue weighted by Crippen LogP contribution is -2.32. The largest absolute Gasteiger partial charge is 0.496 e. The Balaban J connectivity index is 2.85. The third-order valence-electron chi connectivity index (χ3n) is 3.62. The molecule has 0 aliphatic rings. The first-order valence-corrected chi connectivity index (χ1v) is 6.72. The number of aromatic nitrogens is 1. The topological polar surface area (TPSA) is 43.4 Å². The molecule has 0 saturated carbocycles. The second-order valence-electron chi connectivity index (χ2n) is 5.02. The van der Waals surface area contributed by atoms with Crippen LogP contribution in [0.2, 0.25) is 0 Å². The third-order valence-corrected chi connectivity index (χ3v) is 3.62. The predicted molar refractivity (Wildman–Crippen MR) is 77.9 cm³/mol. The minimum Gasteiger partial charge on any atom is -0.496 e. The molecule has 0 aliphatic carbocycles. The maximum absolute atomic E-state index is 5.45. The van der Waals surface area contributed by atoms with Crippen LogP contribution in [0.5, 0.6) is 5.75 Å². The van der Waals surface area contributed by atoms with Crippen molar-refractivity contribution >= 4 is 0 Å². The van der Waals surface area contributed by atoms with Gasteiger partial charge in [-0.3, -0.25) is 4.98 Å². The average molecular weight is 266 g/mol. The Kier molecular flexibility index (Phi) is 6.25. The number of pyridine rings is 1. The molecule has 4 nitrogen and oxygen atoms in total. The van der Waals surface area contributed by atoms with Crippen LogP contribution in [-0.4, -0.2) is 38.4 Å². The van der Waals surface area contributed by atoms with Crippen molar-refractivity contribution in [3.8, 4) is 5.75 Å². The van der Waals surface area contributed by atoms with Crippen LogP contribution in [0.15, 0.2) is 6.20 Å². The number of hydrogen-bond acceptors (Lipinski definition) is 4. The van der Waals surface area contributed by atoms with E-state index in [1.165, 1.54) is 0 Å². The molecule has 2 atom stereocenters. The first kappa shape index (κ1) is 15.9. The zero-order valence-electron chi connectivity index (χ0n) is 12.9. The fourth-order valence-corrected chi connectivity index (χ4v) is 2.31. The van der Waals surface area contributed by atoms with Gasteiger partial charge in [-0.2, -0.15) is 0 Å². The van der Waals surface area contributed by atoms with Gasteiger partial charge in [0.1, 0.15) is 5.75 Å². The first-order chi connectivity index (χ1) is 9.03. The summed E-state index contributed by atoms with van der Waals surface area (Å²) < 4.78 is 10.8. The SMILES string of the molecule is CNC(Cc1ncc(C)c(OC)c1C)CC(C)OC. The molecular weight excluding hydrogens is 240 g/mol. The van der Waals surface area contributed by atoms with Crippen LogP contribution in [0, 0.1) is 13.8 Å². The standard InChI is InChI=1S/C15H26N2O2/c1-10-9-17-14(12(3)15(10)19-6)8-13(16-4)7-11(2)18-5/h9,11,13,16H,7-8H2,1-6H3. The Labute approximate surface area is 116 Å². The monoisotopic (exact) mass is 266 g/mol. The van der Waals surface area contributed by atoms with Crippen molar-refractivity contribution < 1.29 is 9.47 Å². The quantitative estimate of drug-likeness (QED) is 0.822. The molecule has 19 heavy (non-hydrogen) atoms. The molecule has 0 bridgehead atoms. The summed E-state index contributed by atoms with van der Waals surface area (Å²) in [7, 11) is 5.44. The lowest BCUT2D eigenvalue weighted by molar-refractivity contribution is 0.101. The summed E-state index contributed by atoms with van der Waals surface area (Å²) in [6.45, 7) is 6.17. The van der Waals surface area contributed by atoms with Crippen molar-refractivity contribution in [2.45, 2.75) is 45.8 Å². The molecule has 0 spiro atoms. The van der Waals surface area contributed by atoms with Gasteiger partial charge in [0.15, 0.2) is 0 Å². The second kappa shape index (κ2) is 7.46. The lowest BCUT2D eigenvalue weighted by atomic mass is 10.0. The van der Waals surface area contributed by atoms with Gasteiger partial charge in [0.2, 0.25) is 0 Å². The van der Waals surface area contributed by atoms with E-state index in [4.69, 9.17) is 9.47 Å². The predicted octanol–water partition coefficient (Wildman–Crippen LogP) is 2.26. The second-order valence-corrected chi connectivity index (χ2v) is 5.02. The molecule has 1 heterocycles. The van der Waals surface area contributed by atoms with E-state index in [9.17, 15) is 0 Å². The summed E-state index contributed by atoms with van der Waals surface area (Å²) in [5.41, 5.74) is 3.30. The number of aryl methyl sites for hydroxylation is 1. The summed E-state index contributed by atoms with van der Waals surface area (Å²) in [4.78, 5) is 4.55. The molecule has 1 aromatic heterocycles. The van der Waals surface area contributed by atoms with Crippen molar-refractivity contribution in [3.05, 3.63) is 23.0 Å². The number of nitrogens with zero attached hydrogens (tertiary/aromatic N) is 1. The van der Waals surface area contributed by atoms with Crippen molar-refractivity contribution in [2.75, 3.05) is 21.3 Å². The van der Waals surface area contributed by atoms with Crippen LogP contribution >= 0.6 is 0 Å². The number of ether oxygens (including phenoxy) is 2. The highest BCUT2D eigenvalue weighted by atomic mass is 16.5. The maximum Gasteiger partial charge on any atom is 0.128 e. The fourth-order valence-electron chi connectivity index (χ4n) is 2.31. The first-order valence-electron chi connectivity index (χ1n) is 6.72. The molecule has 0 radical (unpaired) electrons. The van der Waals surface area contributed by atoms with Gasteiger partial charge in [-0.15, -0.1) is 0 Å². The summed E-state index contributed by atoms with van der Waals surface area (Å²) >= 11 is 0. The molecular formula is C15H26N2O2. The van der Waals surface area contributed by atoms with E-state index in [-0.39, 0.29) is 6.10 Å². The fraction of sp³-hybridized carbons (Fsp3) is 0.667. The summed E-state index contributed by atoms with van der Waals surface area (Å²) in [6.07, 6.45) is 3.97.